The van der Waals surface area contributed by atoms with Gasteiger partial charge in [0, 0.05) is 12.6 Å². The van der Waals surface area contributed by atoms with Crippen LogP contribution in [-0.4, -0.2) is 15.8 Å². The molecule has 4 heteroatoms. The van der Waals surface area contributed by atoms with Gasteiger partial charge in [-0.3, -0.25) is 0 Å². The van der Waals surface area contributed by atoms with Crippen molar-refractivity contribution in [3.05, 3.63) is 10.2 Å². The number of nitrogens with one attached hydrogen (secondary N) is 1. The monoisotopic (exact) mass is 285 g/mol. The number of halogens is 1. The SMILES string of the molecule is CC(C)CCc1nn2c(c1Br)NC(C)CC2. The highest BCUT2D eigenvalue weighted by atomic mass is 79.9. The molecule has 2 rings (SSSR count). The minimum absolute atomic E-state index is 0.554. The molecule has 0 radical (unpaired) electrons. The summed E-state index contributed by atoms with van der Waals surface area (Å²) in [5.74, 6) is 1.90. The second kappa shape index (κ2) is 4.78. The summed E-state index contributed by atoms with van der Waals surface area (Å²) >= 11 is 3.67. The largest absolute Gasteiger partial charge is 0.367 e. The van der Waals surface area contributed by atoms with Crippen molar-refractivity contribution in [1.29, 1.82) is 0 Å². The topological polar surface area (TPSA) is 29.9 Å². The highest BCUT2D eigenvalue weighted by Gasteiger charge is 2.21. The van der Waals surface area contributed by atoms with Crippen molar-refractivity contribution >= 4 is 21.7 Å². The Labute approximate surface area is 106 Å². The van der Waals surface area contributed by atoms with Crippen molar-refractivity contribution in [2.24, 2.45) is 5.92 Å². The molecule has 0 aromatic carbocycles. The molecule has 1 aliphatic rings. The molecule has 2 heterocycles. The van der Waals surface area contributed by atoms with E-state index in [4.69, 9.17) is 0 Å². The lowest BCUT2D eigenvalue weighted by Crippen LogP contribution is -2.26. The second-order valence-electron chi connectivity index (χ2n) is 5.10. The maximum absolute atomic E-state index is 4.66. The molecule has 0 spiro atoms. The van der Waals surface area contributed by atoms with E-state index in [1.54, 1.807) is 0 Å². The number of aryl methyl sites for hydroxylation is 2. The molecule has 90 valence electrons. The van der Waals surface area contributed by atoms with Gasteiger partial charge in [-0.2, -0.15) is 5.10 Å². The lowest BCUT2D eigenvalue weighted by Gasteiger charge is -2.22. The second-order valence-corrected chi connectivity index (χ2v) is 5.89. The molecule has 1 aromatic rings. The minimum Gasteiger partial charge on any atom is -0.367 e. The lowest BCUT2D eigenvalue weighted by atomic mass is 10.1. The molecule has 0 aliphatic carbocycles. The Bertz CT molecular complexity index is 371. The van der Waals surface area contributed by atoms with Gasteiger partial charge in [0.1, 0.15) is 5.82 Å². The number of anilines is 1. The zero-order chi connectivity index (χ0) is 11.7. The molecule has 0 fully saturated rings. The molecule has 0 saturated heterocycles. The van der Waals surface area contributed by atoms with Crippen molar-refractivity contribution in [3.63, 3.8) is 0 Å². The maximum atomic E-state index is 4.66. The smallest absolute Gasteiger partial charge is 0.139 e. The Hall–Kier alpha value is -0.510. The zero-order valence-electron chi connectivity index (χ0n) is 10.3. The Morgan fingerprint density at radius 2 is 2.31 bits per heavy atom. The van der Waals surface area contributed by atoms with Crippen molar-refractivity contribution in [1.82, 2.24) is 9.78 Å². The minimum atomic E-state index is 0.554. The molecule has 1 unspecified atom stereocenters. The molecule has 3 nitrogen and oxygen atoms in total. The van der Waals surface area contributed by atoms with Gasteiger partial charge in [-0.05, 0) is 48.0 Å². The Balaban J connectivity index is 2.16. The van der Waals surface area contributed by atoms with Crippen molar-refractivity contribution < 1.29 is 0 Å². The number of hydrogen-bond acceptors (Lipinski definition) is 2. The predicted molar refractivity (Wildman–Crippen MR) is 70.8 cm³/mol. The average molecular weight is 286 g/mol. The third-order valence-corrected chi connectivity index (χ3v) is 3.91. The van der Waals surface area contributed by atoms with Crippen molar-refractivity contribution in [2.45, 2.75) is 52.6 Å². The van der Waals surface area contributed by atoms with Crippen LogP contribution in [0.2, 0.25) is 0 Å². The van der Waals surface area contributed by atoms with Crippen molar-refractivity contribution in [3.8, 4) is 0 Å². The summed E-state index contributed by atoms with van der Waals surface area (Å²) in [6, 6.07) is 0.554. The van der Waals surface area contributed by atoms with Gasteiger partial charge >= 0.3 is 0 Å². The molecular weight excluding hydrogens is 266 g/mol. The molecule has 1 N–H and O–H groups in total. The number of hydrogen-bond donors (Lipinski definition) is 1. The van der Waals surface area contributed by atoms with Crippen LogP contribution in [0.1, 0.15) is 39.3 Å². The van der Waals surface area contributed by atoms with Crippen LogP contribution in [0.5, 0.6) is 0 Å². The fourth-order valence-electron chi connectivity index (χ4n) is 2.00. The quantitative estimate of drug-likeness (QED) is 0.922. The molecule has 1 aromatic heterocycles. The van der Waals surface area contributed by atoms with Gasteiger partial charge < -0.3 is 5.32 Å². The van der Waals surface area contributed by atoms with Crippen LogP contribution < -0.4 is 5.32 Å². The normalized spacial score (nSPS) is 19.7. The van der Waals surface area contributed by atoms with Gasteiger partial charge in [0.15, 0.2) is 0 Å². The number of fused-ring (bicyclic) bond motifs is 1. The Morgan fingerprint density at radius 1 is 1.56 bits per heavy atom. The maximum Gasteiger partial charge on any atom is 0.139 e. The summed E-state index contributed by atoms with van der Waals surface area (Å²) in [6.45, 7) is 7.76. The van der Waals surface area contributed by atoms with Crippen LogP contribution in [-0.2, 0) is 13.0 Å². The molecular formula is C12H20BrN3. The van der Waals surface area contributed by atoms with E-state index in [9.17, 15) is 0 Å². The first-order valence-electron chi connectivity index (χ1n) is 6.09. The van der Waals surface area contributed by atoms with Crippen LogP contribution >= 0.6 is 15.9 Å². The lowest BCUT2D eigenvalue weighted by molar-refractivity contribution is 0.504. The molecule has 1 aliphatic heterocycles. The standard InChI is InChI=1S/C12H20BrN3/c1-8(2)4-5-10-11(13)12-14-9(3)6-7-16(12)15-10/h8-9,14H,4-7H2,1-3H3. The van der Waals surface area contributed by atoms with Crippen LogP contribution in [0, 0.1) is 5.92 Å². The van der Waals surface area contributed by atoms with Gasteiger partial charge in [-0.15, -0.1) is 0 Å². The fraction of sp³-hybridized carbons (Fsp3) is 0.750. The van der Waals surface area contributed by atoms with Gasteiger partial charge in [-0.1, -0.05) is 13.8 Å². The van der Waals surface area contributed by atoms with Crippen LogP contribution in [0.25, 0.3) is 0 Å². The third-order valence-electron chi connectivity index (χ3n) is 3.08. The summed E-state index contributed by atoms with van der Waals surface area (Å²) in [5.41, 5.74) is 1.20. The van der Waals surface area contributed by atoms with E-state index in [0.29, 0.717) is 6.04 Å². The van der Waals surface area contributed by atoms with E-state index < -0.39 is 0 Å². The van der Waals surface area contributed by atoms with Crippen LogP contribution in [0.15, 0.2) is 4.47 Å². The van der Waals surface area contributed by atoms with E-state index >= 15 is 0 Å². The van der Waals surface area contributed by atoms with Gasteiger partial charge in [-0.25, -0.2) is 4.68 Å². The van der Waals surface area contributed by atoms with Gasteiger partial charge in [0.2, 0.25) is 0 Å². The third kappa shape index (κ3) is 2.42. The summed E-state index contributed by atoms with van der Waals surface area (Å²) in [7, 11) is 0. The van der Waals surface area contributed by atoms with E-state index in [1.807, 2.05) is 0 Å². The predicted octanol–water partition coefficient (Wildman–Crippen LogP) is 3.44. The van der Waals surface area contributed by atoms with Gasteiger partial charge in [0.05, 0.1) is 10.2 Å². The average Bonchev–Trinajstić information content (AvgIpc) is 2.53. The molecule has 1 atom stereocenters. The van der Waals surface area contributed by atoms with E-state index in [-0.39, 0.29) is 0 Å². The molecule has 0 bridgehead atoms. The van der Waals surface area contributed by atoms with Gasteiger partial charge in [0.25, 0.3) is 0 Å². The molecule has 16 heavy (non-hydrogen) atoms. The Morgan fingerprint density at radius 3 is 3.00 bits per heavy atom. The van der Waals surface area contributed by atoms with E-state index in [1.165, 1.54) is 16.6 Å². The zero-order valence-corrected chi connectivity index (χ0v) is 11.8. The highest BCUT2D eigenvalue weighted by Crippen LogP contribution is 2.31. The molecule has 0 amide bonds. The van der Waals surface area contributed by atoms with E-state index in [0.717, 1.165) is 31.1 Å². The van der Waals surface area contributed by atoms with Crippen LogP contribution in [0.4, 0.5) is 5.82 Å². The molecule has 0 saturated carbocycles. The highest BCUT2D eigenvalue weighted by molar-refractivity contribution is 9.10. The van der Waals surface area contributed by atoms with Crippen LogP contribution in [0.3, 0.4) is 0 Å². The first-order valence-corrected chi connectivity index (χ1v) is 6.89. The number of rotatable bonds is 3. The summed E-state index contributed by atoms with van der Waals surface area (Å²) < 4.78 is 3.26. The number of aromatic nitrogens is 2. The summed E-state index contributed by atoms with van der Waals surface area (Å²) in [4.78, 5) is 0. The summed E-state index contributed by atoms with van der Waals surface area (Å²) in [5, 5.41) is 8.15. The number of nitrogens with zero attached hydrogens (tertiary/aromatic N) is 2. The van der Waals surface area contributed by atoms with E-state index in [2.05, 4.69) is 51.8 Å². The Kier molecular flexibility index (Phi) is 3.57. The first kappa shape index (κ1) is 12.0. The first-order chi connectivity index (χ1) is 7.58. The summed E-state index contributed by atoms with van der Waals surface area (Å²) in [6.07, 6.45) is 3.42. The van der Waals surface area contributed by atoms with Crippen molar-refractivity contribution in [2.75, 3.05) is 5.32 Å². The fourth-order valence-corrected chi connectivity index (χ4v) is 2.59.